The van der Waals surface area contributed by atoms with E-state index in [-0.39, 0.29) is 11.4 Å². The Bertz CT molecular complexity index is 1280. The van der Waals surface area contributed by atoms with Crippen LogP contribution < -0.4 is 10.6 Å². The van der Waals surface area contributed by atoms with E-state index in [4.69, 9.17) is 4.98 Å². The third-order valence-corrected chi connectivity index (χ3v) is 6.50. The molecule has 0 atom stereocenters. The van der Waals surface area contributed by atoms with Gasteiger partial charge >= 0.3 is 0 Å². The number of nitrogens with one attached hydrogen (secondary N) is 2. The number of nitrogens with zero attached hydrogens (tertiary/aromatic N) is 2. The fourth-order valence-corrected chi connectivity index (χ4v) is 4.69. The van der Waals surface area contributed by atoms with Gasteiger partial charge in [-0.15, -0.1) is 0 Å². The Morgan fingerprint density at radius 1 is 1.09 bits per heavy atom. The van der Waals surface area contributed by atoms with E-state index in [2.05, 4.69) is 63.5 Å². The predicted molar refractivity (Wildman–Crippen MR) is 133 cm³/mol. The number of amides is 1. The molecule has 0 fully saturated rings. The van der Waals surface area contributed by atoms with E-state index >= 15 is 0 Å². The van der Waals surface area contributed by atoms with Gasteiger partial charge in [-0.3, -0.25) is 9.20 Å². The normalized spacial score (nSPS) is 11.8. The molecule has 2 heterocycles. The molecular formula is C26H30N4OS. The molecule has 2 aromatic carbocycles. The molecule has 2 aromatic heterocycles. The maximum absolute atomic E-state index is 12.8. The van der Waals surface area contributed by atoms with E-state index in [9.17, 15) is 4.79 Å². The molecule has 0 saturated carbocycles. The van der Waals surface area contributed by atoms with Crippen LogP contribution in [0.1, 0.15) is 48.0 Å². The van der Waals surface area contributed by atoms with E-state index in [1.807, 2.05) is 34.9 Å². The molecule has 0 bridgehead atoms. The van der Waals surface area contributed by atoms with Crippen LogP contribution in [0.3, 0.4) is 0 Å². The average Bonchev–Trinajstić information content (AvgIpc) is 3.30. The van der Waals surface area contributed by atoms with Crippen molar-refractivity contribution in [3.05, 3.63) is 71.0 Å². The van der Waals surface area contributed by atoms with Crippen molar-refractivity contribution in [2.45, 2.75) is 46.7 Å². The SMILES string of the molecule is CNC(=O)c1c(-c2ccc(C)cc2)nc2sc(-c3cc(CNC(C)(C)C)ccc3C)cn12. The van der Waals surface area contributed by atoms with Crippen LogP contribution in [0.4, 0.5) is 0 Å². The van der Waals surface area contributed by atoms with Crippen LogP contribution in [0.15, 0.2) is 48.7 Å². The van der Waals surface area contributed by atoms with Crippen molar-refractivity contribution in [2.75, 3.05) is 7.05 Å². The van der Waals surface area contributed by atoms with Gasteiger partial charge in [0.1, 0.15) is 11.4 Å². The van der Waals surface area contributed by atoms with Crippen LogP contribution in [0, 0.1) is 13.8 Å². The fourth-order valence-electron chi connectivity index (χ4n) is 3.63. The van der Waals surface area contributed by atoms with Gasteiger partial charge in [0, 0.05) is 30.9 Å². The predicted octanol–water partition coefficient (Wildman–Crippen LogP) is 5.59. The second-order valence-electron chi connectivity index (χ2n) is 9.25. The second kappa shape index (κ2) is 8.52. The summed E-state index contributed by atoms with van der Waals surface area (Å²) < 4.78 is 1.92. The van der Waals surface area contributed by atoms with Crippen LogP contribution >= 0.6 is 11.3 Å². The first kappa shape index (κ1) is 22.2. The van der Waals surface area contributed by atoms with Gasteiger partial charge < -0.3 is 10.6 Å². The summed E-state index contributed by atoms with van der Waals surface area (Å²) in [6, 6.07) is 14.7. The van der Waals surface area contributed by atoms with E-state index in [0.29, 0.717) is 11.4 Å². The fraction of sp³-hybridized carbons (Fsp3) is 0.308. The molecule has 1 amide bonds. The van der Waals surface area contributed by atoms with Crippen molar-refractivity contribution in [1.82, 2.24) is 20.0 Å². The molecule has 166 valence electrons. The summed E-state index contributed by atoms with van der Waals surface area (Å²) in [4.78, 5) is 19.6. The Kier molecular flexibility index (Phi) is 5.93. The number of thiazole rings is 1. The lowest BCUT2D eigenvalue weighted by Crippen LogP contribution is -2.35. The van der Waals surface area contributed by atoms with Gasteiger partial charge in [0.05, 0.1) is 4.88 Å². The molecular weight excluding hydrogens is 416 g/mol. The highest BCUT2D eigenvalue weighted by molar-refractivity contribution is 7.20. The molecule has 0 aliphatic heterocycles. The number of carbonyl (C=O) groups is 1. The summed E-state index contributed by atoms with van der Waals surface area (Å²) in [5.41, 5.74) is 7.07. The van der Waals surface area contributed by atoms with Crippen molar-refractivity contribution in [1.29, 1.82) is 0 Å². The number of carbonyl (C=O) groups excluding carboxylic acids is 1. The highest BCUT2D eigenvalue weighted by Gasteiger charge is 2.22. The van der Waals surface area contributed by atoms with Crippen molar-refractivity contribution in [3.8, 4) is 21.7 Å². The Balaban J connectivity index is 1.78. The summed E-state index contributed by atoms with van der Waals surface area (Å²) >= 11 is 1.61. The maximum Gasteiger partial charge on any atom is 0.270 e. The first-order valence-electron chi connectivity index (χ1n) is 10.8. The molecule has 0 aliphatic carbocycles. The Morgan fingerprint density at radius 3 is 2.47 bits per heavy atom. The van der Waals surface area contributed by atoms with E-state index in [0.717, 1.165) is 21.9 Å². The average molecular weight is 447 g/mol. The molecule has 6 heteroatoms. The number of rotatable bonds is 5. The molecule has 0 unspecified atom stereocenters. The minimum Gasteiger partial charge on any atom is -0.354 e. The van der Waals surface area contributed by atoms with E-state index in [1.165, 1.54) is 22.3 Å². The molecule has 0 spiro atoms. The summed E-state index contributed by atoms with van der Waals surface area (Å²) in [5.74, 6) is -0.141. The minimum atomic E-state index is -0.141. The molecule has 0 saturated heterocycles. The van der Waals surface area contributed by atoms with Crippen LogP contribution in [0.25, 0.3) is 26.7 Å². The molecule has 2 N–H and O–H groups in total. The number of hydrogen-bond donors (Lipinski definition) is 2. The largest absolute Gasteiger partial charge is 0.354 e. The smallest absolute Gasteiger partial charge is 0.270 e. The molecule has 0 radical (unpaired) electrons. The van der Waals surface area contributed by atoms with Crippen LogP contribution in [-0.4, -0.2) is 27.9 Å². The van der Waals surface area contributed by atoms with Crippen LogP contribution in [0.5, 0.6) is 0 Å². The first-order valence-corrected chi connectivity index (χ1v) is 11.6. The summed E-state index contributed by atoms with van der Waals surface area (Å²) in [6.07, 6.45) is 2.04. The van der Waals surface area contributed by atoms with Crippen molar-refractivity contribution < 1.29 is 4.79 Å². The van der Waals surface area contributed by atoms with Crippen LogP contribution in [0.2, 0.25) is 0 Å². The number of fused-ring (bicyclic) bond motifs is 1. The van der Waals surface area contributed by atoms with Gasteiger partial charge in [0.25, 0.3) is 5.91 Å². The highest BCUT2D eigenvalue weighted by atomic mass is 32.1. The molecule has 4 rings (SSSR count). The lowest BCUT2D eigenvalue weighted by atomic mass is 10.0. The van der Waals surface area contributed by atoms with E-state index in [1.54, 1.807) is 18.4 Å². The number of hydrogen-bond acceptors (Lipinski definition) is 4. The number of benzene rings is 2. The zero-order valence-electron chi connectivity index (χ0n) is 19.5. The summed E-state index contributed by atoms with van der Waals surface area (Å²) in [7, 11) is 1.66. The third kappa shape index (κ3) is 4.47. The van der Waals surface area contributed by atoms with Gasteiger partial charge in [-0.25, -0.2) is 4.98 Å². The number of aryl methyl sites for hydroxylation is 2. The Morgan fingerprint density at radius 2 is 1.81 bits per heavy atom. The molecule has 5 nitrogen and oxygen atoms in total. The minimum absolute atomic E-state index is 0.0590. The van der Waals surface area contributed by atoms with E-state index < -0.39 is 0 Å². The van der Waals surface area contributed by atoms with Crippen molar-refractivity contribution in [3.63, 3.8) is 0 Å². The zero-order valence-corrected chi connectivity index (χ0v) is 20.4. The third-order valence-electron chi connectivity index (χ3n) is 5.48. The highest BCUT2D eigenvalue weighted by Crippen LogP contribution is 2.35. The molecule has 4 aromatic rings. The van der Waals surface area contributed by atoms with Crippen LogP contribution in [-0.2, 0) is 6.54 Å². The summed E-state index contributed by atoms with van der Waals surface area (Å²) in [5, 5.41) is 6.33. The summed E-state index contributed by atoms with van der Waals surface area (Å²) in [6.45, 7) is 11.5. The second-order valence-corrected chi connectivity index (χ2v) is 10.3. The van der Waals surface area contributed by atoms with Gasteiger partial charge in [-0.2, -0.15) is 0 Å². The lowest BCUT2D eigenvalue weighted by Gasteiger charge is -2.21. The topological polar surface area (TPSA) is 58.4 Å². The lowest BCUT2D eigenvalue weighted by molar-refractivity contribution is 0.0958. The van der Waals surface area contributed by atoms with Gasteiger partial charge in [0.15, 0.2) is 4.96 Å². The quantitative estimate of drug-likeness (QED) is 0.420. The molecule has 32 heavy (non-hydrogen) atoms. The number of imidazole rings is 1. The first-order chi connectivity index (χ1) is 15.2. The maximum atomic E-state index is 12.8. The van der Waals surface area contributed by atoms with Gasteiger partial charge in [-0.1, -0.05) is 53.3 Å². The standard InChI is InChI=1S/C26H30N4OS/c1-16-7-11-19(12-8-16)22-23(24(31)27-6)30-15-21(32-25(30)29-22)20-13-18(10-9-17(20)2)14-28-26(3,4)5/h7-13,15,28H,14H2,1-6H3,(H,27,31). The van der Waals surface area contributed by atoms with Gasteiger partial charge in [-0.05, 0) is 57.4 Å². The number of aromatic nitrogens is 2. The Labute approximate surface area is 193 Å². The van der Waals surface area contributed by atoms with Gasteiger partial charge in [0.2, 0.25) is 0 Å². The van der Waals surface area contributed by atoms with Crippen molar-refractivity contribution >= 4 is 22.2 Å². The zero-order chi connectivity index (χ0) is 23.0. The molecule has 0 aliphatic rings. The Hall–Kier alpha value is -2.96. The van der Waals surface area contributed by atoms with Crippen molar-refractivity contribution in [2.24, 2.45) is 0 Å². The monoisotopic (exact) mass is 446 g/mol.